The van der Waals surface area contributed by atoms with Gasteiger partial charge in [-0.1, -0.05) is 0 Å². The lowest BCUT2D eigenvalue weighted by atomic mass is 10.1. The van der Waals surface area contributed by atoms with Crippen LogP contribution in [0.15, 0.2) is 0 Å². The SMILES string of the molecule is CO[C@H]1CC[C@H](O)[C@@H](C(=O)O)O1. The Balaban J connectivity index is 2.53. The van der Waals surface area contributed by atoms with Crippen molar-refractivity contribution in [1.29, 1.82) is 0 Å². The van der Waals surface area contributed by atoms with E-state index >= 15 is 0 Å². The first kappa shape index (κ1) is 9.44. The van der Waals surface area contributed by atoms with Crippen LogP contribution in [-0.2, 0) is 14.3 Å². The Labute approximate surface area is 69.9 Å². The fraction of sp³-hybridized carbons (Fsp3) is 0.857. The number of aliphatic hydroxyl groups excluding tert-OH is 1. The first-order valence-electron chi connectivity index (χ1n) is 3.74. The lowest BCUT2D eigenvalue weighted by Crippen LogP contribution is -2.44. The average molecular weight is 176 g/mol. The van der Waals surface area contributed by atoms with Crippen molar-refractivity contribution in [2.45, 2.75) is 31.3 Å². The predicted molar refractivity (Wildman–Crippen MR) is 38.5 cm³/mol. The third-order valence-electron chi connectivity index (χ3n) is 1.85. The van der Waals surface area contributed by atoms with Gasteiger partial charge < -0.3 is 19.7 Å². The topological polar surface area (TPSA) is 76.0 Å². The van der Waals surface area contributed by atoms with Crippen molar-refractivity contribution < 1.29 is 24.5 Å². The summed E-state index contributed by atoms with van der Waals surface area (Å²) in [6.45, 7) is 0. The van der Waals surface area contributed by atoms with Crippen molar-refractivity contribution in [1.82, 2.24) is 0 Å². The molecule has 1 rings (SSSR count). The molecular formula is C7H12O5. The molecule has 1 heterocycles. The molecule has 0 unspecified atom stereocenters. The minimum absolute atomic E-state index is 0.398. The number of aliphatic carboxylic acids is 1. The van der Waals surface area contributed by atoms with Crippen LogP contribution in [0.2, 0.25) is 0 Å². The number of methoxy groups -OCH3 is 1. The van der Waals surface area contributed by atoms with Crippen LogP contribution in [0.25, 0.3) is 0 Å². The summed E-state index contributed by atoms with van der Waals surface area (Å²) in [7, 11) is 1.45. The molecule has 12 heavy (non-hydrogen) atoms. The van der Waals surface area contributed by atoms with Gasteiger partial charge in [0.1, 0.15) is 0 Å². The zero-order valence-electron chi connectivity index (χ0n) is 6.77. The predicted octanol–water partition coefficient (Wildman–Crippen LogP) is -0.417. The van der Waals surface area contributed by atoms with Gasteiger partial charge in [-0.25, -0.2) is 4.79 Å². The van der Waals surface area contributed by atoms with Crippen LogP contribution in [0.4, 0.5) is 0 Å². The molecule has 1 saturated heterocycles. The van der Waals surface area contributed by atoms with Gasteiger partial charge in [0.25, 0.3) is 0 Å². The third-order valence-corrected chi connectivity index (χ3v) is 1.85. The van der Waals surface area contributed by atoms with Crippen LogP contribution in [-0.4, -0.2) is 41.8 Å². The molecule has 1 fully saturated rings. The number of aliphatic hydroxyl groups is 1. The van der Waals surface area contributed by atoms with E-state index in [1.807, 2.05) is 0 Å². The Kier molecular flexibility index (Phi) is 3.02. The summed E-state index contributed by atoms with van der Waals surface area (Å²) in [6.07, 6.45) is -1.65. The van der Waals surface area contributed by atoms with Crippen molar-refractivity contribution >= 4 is 5.97 Å². The van der Waals surface area contributed by atoms with Gasteiger partial charge >= 0.3 is 5.97 Å². The highest BCUT2D eigenvalue weighted by molar-refractivity contribution is 5.73. The summed E-state index contributed by atoms with van der Waals surface area (Å²) in [5.74, 6) is -1.15. The number of carboxylic acids is 1. The van der Waals surface area contributed by atoms with E-state index in [4.69, 9.17) is 14.6 Å². The van der Waals surface area contributed by atoms with Gasteiger partial charge in [0, 0.05) is 13.5 Å². The van der Waals surface area contributed by atoms with Crippen molar-refractivity contribution in [3.05, 3.63) is 0 Å². The van der Waals surface area contributed by atoms with Crippen LogP contribution >= 0.6 is 0 Å². The fourth-order valence-electron chi connectivity index (χ4n) is 1.18. The zero-order chi connectivity index (χ0) is 9.14. The summed E-state index contributed by atoms with van der Waals surface area (Å²) in [6, 6.07) is 0. The van der Waals surface area contributed by atoms with Gasteiger partial charge in [0.15, 0.2) is 12.4 Å². The molecule has 70 valence electrons. The van der Waals surface area contributed by atoms with Crippen LogP contribution < -0.4 is 0 Å². The molecule has 0 aromatic rings. The van der Waals surface area contributed by atoms with Gasteiger partial charge in [-0.2, -0.15) is 0 Å². The maximum Gasteiger partial charge on any atom is 0.335 e. The van der Waals surface area contributed by atoms with E-state index in [-0.39, 0.29) is 0 Å². The number of carboxylic acid groups (broad SMARTS) is 1. The number of hydrogen-bond donors (Lipinski definition) is 2. The molecule has 0 aromatic carbocycles. The monoisotopic (exact) mass is 176 g/mol. The summed E-state index contributed by atoms with van der Waals surface area (Å²) >= 11 is 0. The van der Waals surface area contributed by atoms with E-state index in [0.717, 1.165) is 0 Å². The lowest BCUT2D eigenvalue weighted by molar-refractivity contribution is -0.220. The van der Waals surface area contributed by atoms with E-state index in [2.05, 4.69) is 0 Å². The molecule has 5 heteroatoms. The van der Waals surface area contributed by atoms with Crippen LogP contribution in [0.3, 0.4) is 0 Å². The van der Waals surface area contributed by atoms with Gasteiger partial charge in [0.05, 0.1) is 6.10 Å². The highest BCUT2D eigenvalue weighted by Crippen LogP contribution is 2.19. The summed E-state index contributed by atoms with van der Waals surface area (Å²) in [4.78, 5) is 10.5. The summed E-state index contributed by atoms with van der Waals surface area (Å²) in [5, 5.41) is 17.8. The maximum absolute atomic E-state index is 10.5. The van der Waals surface area contributed by atoms with Gasteiger partial charge in [-0.3, -0.25) is 0 Å². The first-order chi connectivity index (χ1) is 5.65. The Morgan fingerprint density at radius 1 is 1.58 bits per heavy atom. The molecule has 1 aliphatic rings. The molecule has 0 amide bonds. The van der Waals surface area contributed by atoms with E-state index < -0.39 is 24.5 Å². The molecule has 3 atom stereocenters. The minimum Gasteiger partial charge on any atom is -0.479 e. The Morgan fingerprint density at radius 3 is 2.75 bits per heavy atom. The number of rotatable bonds is 2. The molecule has 5 nitrogen and oxygen atoms in total. The Morgan fingerprint density at radius 2 is 2.25 bits per heavy atom. The molecule has 0 aliphatic carbocycles. The summed E-state index contributed by atoms with van der Waals surface area (Å²) < 4.78 is 9.76. The second kappa shape index (κ2) is 3.84. The second-order valence-corrected chi connectivity index (χ2v) is 2.70. The Bertz CT molecular complexity index is 169. The largest absolute Gasteiger partial charge is 0.479 e. The quantitative estimate of drug-likeness (QED) is 0.597. The molecule has 0 saturated carbocycles. The first-order valence-corrected chi connectivity index (χ1v) is 3.74. The summed E-state index contributed by atoms with van der Waals surface area (Å²) in [5.41, 5.74) is 0. The van der Waals surface area contributed by atoms with Crippen LogP contribution in [0, 0.1) is 0 Å². The molecule has 0 radical (unpaired) electrons. The molecule has 0 bridgehead atoms. The van der Waals surface area contributed by atoms with E-state index in [1.165, 1.54) is 7.11 Å². The third kappa shape index (κ3) is 1.94. The maximum atomic E-state index is 10.5. The van der Waals surface area contributed by atoms with Crippen molar-refractivity contribution in [3.8, 4) is 0 Å². The van der Waals surface area contributed by atoms with Crippen LogP contribution in [0.1, 0.15) is 12.8 Å². The van der Waals surface area contributed by atoms with E-state index in [9.17, 15) is 9.90 Å². The zero-order valence-corrected chi connectivity index (χ0v) is 6.77. The van der Waals surface area contributed by atoms with Crippen LogP contribution in [0.5, 0.6) is 0 Å². The van der Waals surface area contributed by atoms with Gasteiger partial charge in [-0.15, -0.1) is 0 Å². The van der Waals surface area contributed by atoms with E-state index in [1.54, 1.807) is 0 Å². The average Bonchev–Trinajstić information content (AvgIpc) is 2.05. The molecule has 1 aliphatic heterocycles. The highest BCUT2D eigenvalue weighted by Gasteiger charge is 2.34. The molecular weight excluding hydrogens is 164 g/mol. The van der Waals surface area contributed by atoms with Gasteiger partial charge in [-0.05, 0) is 6.42 Å². The molecule has 0 spiro atoms. The smallest absolute Gasteiger partial charge is 0.335 e. The van der Waals surface area contributed by atoms with E-state index in [0.29, 0.717) is 12.8 Å². The van der Waals surface area contributed by atoms with Crippen molar-refractivity contribution in [3.63, 3.8) is 0 Å². The molecule has 2 N–H and O–H groups in total. The number of ether oxygens (including phenoxy) is 2. The number of hydrogen-bond acceptors (Lipinski definition) is 4. The Hall–Kier alpha value is -0.650. The molecule has 0 aromatic heterocycles. The highest BCUT2D eigenvalue weighted by atomic mass is 16.7. The van der Waals surface area contributed by atoms with Gasteiger partial charge in [0.2, 0.25) is 0 Å². The van der Waals surface area contributed by atoms with Crippen molar-refractivity contribution in [2.75, 3.05) is 7.11 Å². The normalized spacial score (nSPS) is 36.3. The lowest BCUT2D eigenvalue weighted by Gasteiger charge is -2.30. The fourth-order valence-corrected chi connectivity index (χ4v) is 1.18. The van der Waals surface area contributed by atoms with Crippen molar-refractivity contribution in [2.24, 2.45) is 0 Å². The second-order valence-electron chi connectivity index (χ2n) is 2.70. The number of carbonyl (C=O) groups is 1. The minimum atomic E-state index is -1.15. The standard InChI is InChI=1S/C7H12O5/c1-11-5-3-2-4(8)6(12-5)7(9)10/h4-6,8H,2-3H2,1H3,(H,9,10)/t4-,5+,6-/m0/s1.